The van der Waals surface area contributed by atoms with E-state index in [0.717, 1.165) is 5.56 Å². The molecular formula is C19H21N5O5S. The van der Waals surface area contributed by atoms with Crippen molar-refractivity contribution in [1.29, 1.82) is 0 Å². The number of nitrogens with zero attached hydrogens (tertiary/aromatic N) is 3. The Labute approximate surface area is 172 Å². The van der Waals surface area contributed by atoms with E-state index >= 15 is 0 Å². The van der Waals surface area contributed by atoms with E-state index in [2.05, 4.69) is 14.9 Å². The molecule has 0 radical (unpaired) electrons. The molecule has 1 aliphatic heterocycles. The second-order valence-electron chi connectivity index (χ2n) is 7.25. The van der Waals surface area contributed by atoms with Gasteiger partial charge in [0.1, 0.15) is 0 Å². The van der Waals surface area contributed by atoms with Crippen LogP contribution in [0.5, 0.6) is 0 Å². The number of hydrogen-bond acceptors (Lipinski definition) is 6. The van der Waals surface area contributed by atoms with Crippen LogP contribution in [0.4, 0.5) is 5.69 Å². The highest BCUT2D eigenvalue weighted by molar-refractivity contribution is 7.89. The first-order valence-electron chi connectivity index (χ1n) is 9.46. The molecule has 1 aromatic heterocycles. The van der Waals surface area contributed by atoms with Crippen LogP contribution in [0, 0.1) is 10.1 Å². The monoisotopic (exact) mass is 431 g/mol. The zero-order chi connectivity index (χ0) is 21.5. The second kappa shape index (κ2) is 7.67. The molecule has 0 bridgehead atoms. The van der Waals surface area contributed by atoms with Crippen LogP contribution in [-0.2, 0) is 10.0 Å². The van der Waals surface area contributed by atoms with E-state index in [1.807, 2.05) is 13.0 Å². The number of aromatic amines is 2. The predicted molar refractivity (Wildman–Crippen MR) is 111 cm³/mol. The Hall–Kier alpha value is -3.02. The molecule has 1 fully saturated rings. The van der Waals surface area contributed by atoms with E-state index < -0.39 is 14.9 Å². The fraction of sp³-hybridized carbons (Fsp3) is 0.316. The molecule has 4 rings (SSSR count). The molecule has 2 heterocycles. The lowest BCUT2D eigenvalue weighted by Gasteiger charge is -2.37. The number of hydrogen-bond donors (Lipinski definition) is 2. The van der Waals surface area contributed by atoms with Crippen molar-refractivity contribution in [3.8, 4) is 0 Å². The molecule has 0 amide bonds. The van der Waals surface area contributed by atoms with Gasteiger partial charge in [-0.1, -0.05) is 12.1 Å². The number of imidazole rings is 1. The van der Waals surface area contributed by atoms with Crippen LogP contribution in [0.15, 0.2) is 52.2 Å². The van der Waals surface area contributed by atoms with Crippen molar-refractivity contribution in [3.05, 3.63) is 68.6 Å². The molecule has 0 aliphatic carbocycles. The molecular weight excluding hydrogens is 410 g/mol. The fourth-order valence-electron chi connectivity index (χ4n) is 3.76. The van der Waals surface area contributed by atoms with Crippen molar-refractivity contribution in [2.24, 2.45) is 0 Å². The average Bonchev–Trinajstić information content (AvgIpc) is 3.12. The zero-order valence-corrected chi connectivity index (χ0v) is 17.1. The standard InChI is InChI=1S/C19H21N5O5S/c1-13(14-3-2-4-15(11-14)24(26)27)22-7-9-23(10-8-22)30(28,29)16-5-6-17-18(12-16)21-19(25)20-17/h2-6,11-13H,7-10H2,1H3,(H2,20,21,25). The van der Waals surface area contributed by atoms with Gasteiger partial charge in [0, 0.05) is 44.4 Å². The maximum Gasteiger partial charge on any atom is 0.323 e. The summed E-state index contributed by atoms with van der Waals surface area (Å²) in [6.07, 6.45) is 0. The number of aromatic nitrogens is 2. The molecule has 0 saturated carbocycles. The largest absolute Gasteiger partial charge is 0.323 e. The van der Waals surface area contributed by atoms with Gasteiger partial charge in [-0.2, -0.15) is 4.31 Å². The van der Waals surface area contributed by atoms with Gasteiger partial charge in [-0.3, -0.25) is 15.0 Å². The molecule has 30 heavy (non-hydrogen) atoms. The predicted octanol–water partition coefficient (Wildman–Crippen LogP) is 1.83. The van der Waals surface area contributed by atoms with Crippen LogP contribution < -0.4 is 5.69 Å². The first-order valence-corrected chi connectivity index (χ1v) is 10.9. The van der Waals surface area contributed by atoms with Crippen LogP contribution in [-0.4, -0.2) is 58.7 Å². The summed E-state index contributed by atoms with van der Waals surface area (Å²) in [5, 5.41) is 11.0. The van der Waals surface area contributed by atoms with E-state index in [-0.39, 0.29) is 22.3 Å². The van der Waals surface area contributed by atoms with E-state index in [1.165, 1.54) is 22.5 Å². The number of H-pyrrole nitrogens is 2. The topological polar surface area (TPSA) is 132 Å². The highest BCUT2D eigenvalue weighted by Gasteiger charge is 2.30. The van der Waals surface area contributed by atoms with Gasteiger partial charge in [-0.25, -0.2) is 13.2 Å². The van der Waals surface area contributed by atoms with Crippen molar-refractivity contribution in [2.75, 3.05) is 26.2 Å². The molecule has 2 aromatic carbocycles. The third-order valence-corrected chi connectivity index (χ3v) is 7.40. The summed E-state index contributed by atoms with van der Waals surface area (Å²) in [7, 11) is -3.69. The minimum Gasteiger partial charge on any atom is -0.306 e. The SMILES string of the molecule is CC(c1cccc([N+](=O)[O-])c1)N1CCN(S(=O)(=O)c2ccc3[nH]c(=O)[nH]c3c2)CC1. The Kier molecular flexibility index (Phi) is 5.18. The lowest BCUT2D eigenvalue weighted by molar-refractivity contribution is -0.385. The quantitative estimate of drug-likeness (QED) is 0.468. The molecule has 3 aromatic rings. The van der Waals surface area contributed by atoms with Crippen LogP contribution in [0.2, 0.25) is 0 Å². The van der Waals surface area contributed by atoms with Gasteiger partial charge in [-0.15, -0.1) is 0 Å². The number of sulfonamides is 1. The highest BCUT2D eigenvalue weighted by atomic mass is 32.2. The smallest absolute Gasteiger partial charge is 0.306 e. The average molecular weight is 431 g/mol. The third kappa shape index (κ3) is 3.74. The van der Waals surface area contributed by atoms with Crippen molar-refractivity contribution >= 4 is 26.7 Å². The second-order valence-corrected chi connectivity index (χ2v) is 9.19. The van der Waals surface area contributed by atoms with Crippen LogP contribution in [0.25, 0.3) is 11.0 Å². The zero-order valence-electron chi connectivity index (χ0n) is 16.2. The van der Waals surface area contributed by atoms with Crippen molar-refractivity contribution in [2.45, 2.75) is 17.9 Å². The number of benzene rings is 2. The Morgan fingerprint density at radius 1 is 1.03 bits per heavy atom. The first kappa shape index (κ1) is 20.3. The summed E-state index contributed by atoms with van der Waals surface area (Å²) in [6.45, 7) is 3.59. The number of nitro benzene ring substituents is 1. The fourth-order valence-corrected chi connectivity index (χ4v) is 5.21. The maximum atomic E-state index is 13.0. The number of non-ortho nitro benzene ring substituents is 1. The number of rotatable bonds is 5. The normalized spacial score (nSPS) is 17.2. The van der Waals surface area contributed by atoms with Crippen molar-refractivity contribution < 1.29 is 13.3 Å². The Bertz CT molecular complexity index is 1260. The summed E-state index contributed by atoms with van der Waals surface area (Å²) in [6, 6.07) is 11.0. The van der Waals surface area contributed by atoms with Gasteiger partial charge < -0.3 is 9.97 Å². The molecule has 0 spiro atoms. The van der Waals surface area contributed by atoms with E-state index in [0.29, 0.717) is 37.2 Å². The van der Waals surface area contributed by atoms with E-state index in [1.54, 1.807) is 18.2 Å². The summed E-state index contributed by atoms with van der Waals surface area (Å²) in [5.41, 5.74) is 1.47. The number of piperazine rings is 1. The summed E-state index contributed by atoms with van der Waals surface area (Å²) in [4.78, 5) is 29.4. The Morgan fingerprint density at radius 2 is 1.73 bits per heavy atom. The van der Waals surface area contributed by atoms with Gasteiger partial charge in [-0.05, 0) is 30.7 Å². The molecule has 1 saturated heterocycles. The lowest BCUT2D eigenvalue weighted by Crippen LogP contribution is -2.49. The minimum atomic E-state index is -3.69. The van der Waals surface area contributed by atoms with Crippen molar-refractivity contribution in [3.63, 3.8) is 0 Å². The van der Waals surface area contributed by atoms with Gasteiger partial charge in [0.05, 0.1) is 20.9 Å². The van der Waals surface area contributed by atoms with Crippen LogP contribution >= 0.6 is 0 Å². The minimum absolute atomic E-state index is 0.0405. The third-order valence-electron chi connectivity index (χ3n) is 5.51. The van der Waals surface area contributed by atoms with Gasteiger partial charge >= 0.3 is 5.69 Å². The van der Waals surface area contributed by atoms with E-state index in [9.17, 15) is 23.3 Å². The molecule has 2 N–H and O–H groups in total. The molecule has 1 aliphatic rings. The first-order chi connectivity index (χ1) is 14.3. The molecule has 1 unspecified atom stereocenters. The summed E-state index contributed by atoms with van der Waals surface area (Å²) in [5.74, 6) is 0. The molecule has 10 nitrogen and oxygen atoms in total. The number of nitro groups is 1. The van der Waals surface area contributed by atoms with Crippen molar-refractivity contribution in [1.82, 2.24) is 19.2 Å². The van der Waals surface area contributed by atoms with E-state index in [4.69, 9.17) is 0 Å². The Balaban J connectivity index is 1.48. The highest BCUT2D eigenvalue weighted by Crippen LogP contribution is 2.27. The molecule has 1 atom stereocenters. The Morgan fingerprint density at radius 3 is 2.43 bits per heavy atom. The van der Waals surface area contributed by atoms with Gasteiger partial charge in [0.25, 0.3) is 5.69 Å². The van der Waals surface area contributed by atoms with Gasteiger partial charge in [0.2, 0.25) is 10.0 Å². The number of fused-ring (bicyclic) bond motifs is 1. The molecule has 158 valence electrons. The van der Waals surface area contributed by atoms with Crippen LogP contribution in [0.1, 0.15) is 18.5 Å². The number of nitrogens with one attached hydrogen (secondary N) is 2. The molecule has 11 heteroatoms. The van der Waals surface area contributed by atoms with Crippen LogP contribution in [0.3, 0.4) is 0 Å². The summed E-state index contributed by atoms with van der Waals surface area (Å²) < 4.78 is 27.5. The van der Waals surface area contributed by atoms with Gasteiger partial charge in [0.15, 0.2) is 0 Å². The lowest BCUT2D eigenvalue weighted by atomic mass is 10.1. The summed E-state index contributed by atoms with van der Waals surface area (Å²) >= 11 is 0. The maximum absolute atomic E-state index is 13.0.